The second-order valence-electron chi connectivity index (χ2n) is 8.45. The van der Waals surface area contributed by atoms with E-state index in [-0.39, 0.29) is 51.5 Å². The van der Waals surface area contributed by atoms with Gasteiger partial charge in [0.15, 0.2) is 23.5 Å². The Bertz CT molecular complexity index is 450. The first kappa shape index (κ1) is 28.6. The summed E-state index contributed by atoms with van der Waals surface area (Å²) in [5.41, 5.74) is 14.4. The fourth-order valence-electron chi connectivity index (χ4n) is 0.940. The van der Waals surface area contributed by atoms with Crippen molar-refractivity contribution in [2.75, 3.05) is 0 Å². The number of allylic oxidation sites excluding steroid dienone is 2. The van der Waals surface area contributed by atoms with E-state index in [9.17, 15) is 10.2 Å². The van der Waals surface area contributed by atoms with Crippen molar-refractivity contribution >= 4 is 0 Å². The van der Waals surface area contributed by atoms with Gasteiger partial charge in [0, 0.05) is 41.5 Å². The van der Waals surface area contributed by atoms with Gasteiger partial charge in [-0.25, -0.2) is 0 Å². The summed E-state index contributed by atoms with van der Waals surface area (Å²) in [6.07, 6.45) is 2.70. The molecule has 0 heterocycles. The largest absolute Gasteiger partial charge is 2.00 e. The Hall–Kier alpha value is -1.20. The fraction of sp³-hybridized carbons (Fsp3) is 0.778. The van der Waals surface area contributed by atoms with Crippen LogP contribution in [0.2, 0.25) is 0 Å². The van der Waals surface area contributed by atoms with Crippen LogP contribution in [0.5, 0.6) is 0 Å². The van der Waals surface area contributed by atoms with Gasteiger partial charge < -0.3 is 10.2 Å². The van der Waals surface area contributed by atoms with Gasteiger partial charge in [0.2, 0.25) is 0 Å². The first-order valence-corrected chi connectivity index (χ1v) is 8.28. The zero-order valence-electron chi connectivity index (χ0n) is 17.4. The molecule has 0 aliphatic rings. The van der Waals surface area contributed by atoms with Gasteiger partial charge in [-0.05, 0) is 11.8 Å². The normalized spacial score (nSPS) is 13.1. The molecule has 0 rings (SSSR count). The maximum Gasteiger partial charge on any atom is 2.00 e. The third-order valence-electron chi connectivity index (χ3n) is 3.10. The zero-order valence-corrected chi connectivity index (χ0v) is 18.5. The molecule has 0 spiro atoms. The molecule has 0 fully saturated rings. The van der Waals surface area contributed by atoms with Crippen molar-refractivity contribution in [1.82, 2.24) is 0 Å². The van der Waals surface area contributed by atoms with Crippen LogP contribution < -0.4 is 10.2 Å². The molecule has 6 nitrogen and oxygen atoms in total. The molecule has 0 aliphatic carbocycles. The molecule has 0 unspecified atom stereocenters. The van der Waals surface area contributed by atoms with Crippen LogP contribution >= 0.6 is 0 Å². The SMILES string of the molecule is CC(C)C([O-])=C[N+](=N)C(C)(C)C.CC(C)C([O-])=C[N+](=N)C(C)(C)C.[Fe+2]. The third-order valence-corrected chi connectivity index (χ3v) is 3.10. The average Bonchev–Trinajstić information content (AvgIpc) is 2.36. The topological polar surface area (TPSA) is 99.8 Å². The fourth-order valence-corrected chi connectivity index (χ4v) is 0.940. The number of hydrogen-bond acceptors (Lipinski definition) is 4. The molecule has 0 bridgehead atoms. The van der Waals surface area contributed by atoms with Gasteiger partial charge >= 0.3 is 17.1 Å². The molecular formula is C18H36FeN4O2+2. The quantitative estimate of drug-likeness (QED) is 0.330. The van der Waals surface area contributed by atoms with Crippen molar-refractivity contribution in [1.29, 1.82) is 11.1 Å². The molecular weight excluding hydrogens is 360 g/mol. The van der Waals surface area contributed by atoms with Crippen LogP contribution in [0.25, 0.3) is 0 Å². The second-order valence-corrected chi connectivity index (χ2v) is 8.45. The molecule has 25 heavy (non-hydrogen) atoms. The van der Waals surface area contributed by atoms with Crippen molar-refractivity contribution in [2.45, 2.75) is 80.3 Å². The summed E-state index contributed by atoms with van der Waals surface area (Å²) in [4.78, 5) is 0. The third kappa shape index (κ3) is 13.7. The first-order chi connectivity index (χ1) is 10.5. The van der Waals surface area contributed by atoms with Gasteiger partial charge in [-0.15, -0.1) is 0 Å². The summed E-state index contributed by atoms with van der Waals surface area (Å²) >= 11 is 0. The Labute approximate surface area is 164 Å². The molecule has 0 aromatic heterocycles. The monoisotopic (exact) mass is 396 g/mol. The van der Waals surface area contributed by atoms with Crippen molar-refractivity contribution in [3.05, 3.63) is 23.9 Å². The smallest absolute Gasteiger partial charge is 0.871 e. The van der Waals surface area contributed by atoms with E-state index >= 15 is 0 Å². The van der Waals surface area contributed by atoms with Crippen molar-refractivity contribution in [3.63, 3.8) is 0 Å². The summed E-state index contributed by atoms with van der Waals surface area (Å²) in [6.45, 7) is 18.7. The summed E-state index contributed by atoms with van der Waals surface area (Å²) in [5.74, 6) is -0.0553. The van der Waals surface area contributed by atoms with Gasteiger partial charge in [0.25, 0.3) is 0 Å². The van der Waals surface area contributed by atoms with Crippen molar-refractivity contribution in [3.8, 4) is 0 Å². The minimum Gasteiger partial charge on any atom is -0.871 e. The van der Waals surface area contributed by atoms with Gasteiger partial charge in [0.05, 0.1) is 0 Å². The van der Waals surface area contributed by atoms with Crippen LogP contribution in [0.1, 0.15) is 69.2 Å². The number of nitrogens with one attached hydrogen (secondary N) is 2. The maximum atomic E-state index is 11.2. The molecule has 0 radical (unpaired) electrons. The summed E-state index contributed by atoms with van der Waals surface area (Å²) < 4.78 is 2.41. The Morgan fingerprint density at radius 1 is 0.720 bits per heavy atom. The van der Waals surface area contributed by atoms with E-state index in [0.29, 0.717) is 0 Å². The van der Waals surface area contributed by atoms with E-state index in [1.165, 1.54) is 21.8 Å². The molecule has 0 aromatic carbocycles. The van der Waals surface area contributed by atoms with Crippen LogP contribution in [0, 0.1) is 22.9 Å². The van der Waals surface area contributed by atoms with E-state index in [1.54, 1.807) is 0 Å². The van der Waals surface area contributed by atoms with Crippen LogP contribution in [0.15, 0.2) is 23.9 Å². The van der Waals surface area contributed by atoms with Gasteiger partial charge in [-0.1, -0.05) is 59.7 Å². The zero-order chi connectivity index (χ0) is 19.9. The predicted molar refractivity (Wildman–Crippen MR) is 91.3 cm³/mol. The predicted octanol–water partition coefficient (Wildman–Crippen LogP) is 3.37. The minimum atomic E-state index is -0.301. The Balaban J connectivity index is -0.000000372. The molecule has 0 saturated heterocycles. The van der Waals surface area contributed by atoms with Gasteiger partial charge in [-0.3, -0.25) is 0 Å². The van der Waals surface area contributed by atoms with E-state index < -0.39 is 0 Å². The number of rotatable bonds is 4. The van der Waals surface area contributed by atoms with Crippen LogP contribution in [-0.4, -0.2) is 20.5 Å². The van der Waals surface area contributed by atoms with E-state index in [4.69, 9.17) is 11.1 Å². The van der Waals surface area contributed by atoms with Gasteiger partial charge in [0.1, 0.15) is 0 Å². The van der Waals surface area contributed by atoms with Crippen LogP contribution in [0.3, 0.4) is 0 Å². The van der Waals surface area contributed by atoms with E-state index in [0.717, 1.165) is 0 Å². The van der Waals surface area contributed by atoms with E-state index in [2.05, 4.69) is 0 Å². The summed E-state index contributed by atoms with van der Waals surface area (Å²) in [7, 11) is 0. The molecule has 0 saturated carbocycles. The number of nitrogens with zero attached hydrogens (tertiary/aromatic N) is 2. The minimum absolute atomic E-state index is 0. The molecule has 7 heteroatoms. The Kier molecular flexibility index (Phi) is 13.1. The van der Waals surface area contributed by atoms with Gasteiger partial charge in [-0.2, -0.15) is 0 Å². The second kappa shape index (κ2) is 11.4. The first-order valence-electron chi connectivity index (χ1n) is 8.28. The average molecular weight is 396 g/mol. The molecule has 146 valence electrons. The van der Waals surface area contributed by atoms with E-state index in [1.807, 2.05) is 69.2 Å². The van der Waals surface area contributed by atoms with Crippen molar-refractivity contribution in [2.24, 2.45) is 11.8 Å². The van der Waals surface area contributed by atoms with Crippen LogP contribution in [-0.2, 0) is 17.1 Å². The summed E-state index contributed by atoms with van der Waals surface area (Å²) in [5, 5.41) is 22.4. The standard InChI is InChI=1S/2C9H18N2O.Fe/c2*1-7(2)8(12)6-11(10)9(3,4)5;/h2*6-7H,1-5H3,(H-,10,12);/q;;+2. The molecule has 0 atom stereocenters. The van der Waals surface area contributed by atoms with Crippen molar-refractivity contribution < 1.29 is 36.7 Å². The molecule has 0 aromatic rings. The Morgan fingerprint density at radius 2 is 0.920 bits per heavy atom. The summed E-state index contributed by atoms with van der Waals surface area (Å²) in [6, 6.07) is 0. The molecule has 2 N–H and O–H groups in total. The van der Waals surface area contributed by atoms with Crippen LogP contribution in [0.4, 0.5) is 0 Å². The maximum absolute atomic E-state index is 11.2. The molecule has 0 amide bonds. The number of hydrogen-bond donors (Lipinski definition) is 2. The molecule has 0 aliphatic heterocycles. The Morgan fingerprint density at radius 3 is 1.04 bits per heavy atom.